The zero-order valence-electron chi connectivity index (χ0n) is 16.7. The quantitative estimate of drug-likeness (QED) is 0.278. The Morgan fingerprint density at radius 3 is 2.64 bits per heavy atom. The summed E-state index contributed by atoms with van der Waals surface area (Å²) in [5, 5.41) is 17.7. The van der Waals surface area contributed by atoms with E-state index < -0.39 is 5.60 Å². The number of ether oxygens (including phenoxy) is 1. The Labute approximate surface area is 188 Å². The van der Waals surface area contributed by atoms with Crippen LogP contribution < -0.4 is 10.6 Å². The van der Waals surface area contributed by atoms with Gasteiger partial charge in [0.1, 0.15) is 17.1 Å². The van der Waals surface area contributed by atoms with Gasteiger partial charge in [-0.25, -0.2) is 4.99 Å². The summed E-state index contributed by atoms with van der Waals surface area (Å²) in [5.74, 6) is 1.84. The molecule has 2 unspecified atom stereocenters. The number of halogens is 2. The molecule has 2 rings (SSSR count). The highest BCUT2D eigenvalue weighted by Crippen LogP contribution is 2.23. The van der Waals surface area contributed by atoms with Crippen molar-refractivity contribution in [3.8, 4) is 0 Å². The molecule has 0 fully saturated rings. The first kappa shape index (κ1) is 24.7. The summed E-state index contributed by atoms with van der Waals surface area (Å²) in [6, 6.07) is 11.2. The lowest BCUT2D eigenvalue weighted by Crippen LogP contribution is -2.40. The molecule has 0 saturated carbocycles. The number of aryl methyl sites for hydroxylation is 1. The smallest absolute Gasteiger partial charge is 0.191 e. The molecule has 1 aromatic carbocycles. The predicted molar refractivity (Wildman–Crippen MR) is 124 cm³/mol. The van der Waals surface area contributed by atoms with Crippen LogP contribution in [0.3, 0.4) is 0 Å². The maximum atomic E-state index is 10.7. The average molecular weight is 522 g/mol. The minimum absolute atomic E-state index is 0. The van der Waals surface area contributed by atoms with Crippen LogP contribution in [0.2, 0.25) is 5.02 Å². The van der Waals surface area contributed by atoms with E-state index >= 15 is 0 Å². The van der Waals surface area contributed by atoms with E-state index in [1.807, 2.05) is 44.2 Å². The van der Waals surface area contributed by atoms with E-state index in [1.54, 1.807) is 20.1 Å². The Bertz CT molecular complexity index is 765. The second-order valence-electron chi connectivity index (χ2n) is 6.54. The van der Waals surface area contributed by atoms with Crippen LogP contribution in [-0.4, -0.2) is 37.8 Å². The molecule has 0 bridgehead atoms. The second-order valence-corrected chi connectivity index (χ2v) is 6.98. The number of hydrogen-bond acceptors (Lipinski definition) is 4. The largest absolute Gasteiger partial charge is 0.463 e. The molecule has 2 atom stereocenters. The monoisotopic (exact) mass is 521 g/mol. The molecule has 6 nitrogen and oxygen atoms in total. The van der Waals surface area contributed by atoms with Crippen LogP contribution in [0.1, 0.15) is 37.0 Å². The van der Waals surface area contributed by atoms with Crippen molar-refractivity contribution in [1.82, 2.24) is 10.6 Å². The number of nitrogens with one attached hydrogen (secondary N) is 2. The molecule has 0 saturated heterocycles. The van der Waals surface area contributed by atoms with Crippen molar-refractivity contribution in [1.29, 1.82) is 0 Å². The lowest BCUT2D eigenvalue weighted by molar-refractivity contribution is 0.0428. The Hall–Kier alpha value is -1.29. The summed E-state index contributed by atoms with van der Waals surface area (Å²) in [5.41, 5.74) is -0.212. The van der Waals surface area contributed by atoms with Crippen LogP contribution in [-0.2, 0) is 10.3 Å². The third-order valence-corrected chi connectivity index (χ3v) is 4.36. The summed E-state index contributed by atoms with van der Waals surface area (Å²) in [7, 11) is 1.65. The van der Waals surface area contributed by atoms with Gasteiger partial charge in [-0.15, -0.1) is 24.0 Å². The zero-order chi connectivity index (χ0) is 19.9. The predicted octanol–water partition coefficient (Wildman–Crippen LogP) is 4.01. The van der Waals surface area contributed by atoms with Gasteiger partial charge in [-0.1, -0.05) is 23.7 Å². The van der Waals surface area contributed by atoms with E-state index in [1.165, 1.54) is 0 Å². The maximum Gasteiger partial charge on any atom is 0.191 e. The van der Waals surface area contributed by atoms with Crippen molar-refractivity contribution in [2.75, 3.05) is 26.7 Å². The van der Waals surface area contributed by atoms with E-state index in [9.17, 15) is 5.11 Å². The van der Waals surface area contributed by atoms with Gasteiger partial charge in [0, 0.05) is 25.2 Å². The first-order chi connectivity index (χ1) is 12.9. The minimum atomic E-state index is -1.19. The molecule has 3 N–H and O–H groups in total. The van der Waals surface area contributed by atoms with Crippen LogP contribution in [0.15, 0.2) is 45.8 Å². The molecule has 0 radical (unpaired) electrons. The number of rotatable bonds is 8. The molecule has 0 aliphatic carbocycles. The van der Waals surface area contributed by atoms with Gasteiger partial charge in [0.25, 0.3) is 0 Å². The van der Waals surface area contributed by atoms with E-state index in [0.29, 0.717) is 29.8 Å². The highest BCUT2D eigenvalue weighted by molar-refractivity contribution is 14.0. The van der Waals surface area contributed by atoms with Gasteiger partial charge in [-0.2, -0.15) is 0 Å². The normalized spacial score (nSPS) is 14.7. The minimum Gasteiger partial charge on any atom is -0.463 e. The van der Waals surface area contributed by atoms with Crippen LogP contribution in [0.5, 0.6) is 0 Å². The van der Waals surface area contributed by atoms with Gasteiger partial charge in [0.05, 0.1) is 12.6 Å². The number of benzene rings is 1. The lowest BCUT2D eigenvalue weighted by atomic mass is 10.0. The van der Waals surface area contributed by atoms with E-state index in [2.05, 4.69) is 15.6 Å². The first-order valence-electron chi connectivity index (χ1n) is 8.95. The second kappa shape index (κ2) is 11.6. The fourth-order valence-electron chi connectivity index (χ4n) is 2.61. The summed E-state index contributed by atoms with van der Waals surface area (Å²) in [6.45, 7) is 6.87. The standard InChI is InChI=1S/C20H28ClN3O3.HI/c1-5-22-19(24-13-20(3,25)18-10-9-14(2)27-18)23-12-17(26-4)15-7-6-8-16(21)11-15;/h6-11,17,25H,5,12-13H2,1-4H3,(H2,22,23,24);1H. The van der Waals surface area contributed by atoms with Crippen molar-refractivity contribution in [2.45, 2.75) is 32.5 Å². The van der Waals surface area contributed by atoms with Gasteiger partial charge < -0.3 is 24.9 Å². The van der Waals surface area contributed by atoms with Gasteiger partial charge in [-0.3, -0.25) is 0 Å². The Kier molecular flexibility index (Phi) is 10.3. The molecular formula is C20H29ClIN3O3. The number of guanidine groups is 1. The van der Waals surface area contributed by atoms with Gasteiger partial charge in [0.2, 0.25) is 0 Å². The van der Waals surface area contributed by atoms with Crippen molar-refractivity contribution in [2.24, 2.45) is 4.99 Å². The molecule has 2 aromatic rings. The highest BCUT2D eigenvalue weighted by atomic mass is 127. The van der Waals surface area contributed by atoms with Crippen molar-refractivity contribution < 1.29 is 14.3 Å². The third-order valence-electron chi connectivity index (χ3n) is 4.12. The van der Waals surface area contributed by atoms with Crippen molar-refractivity contribution >= 4 is 41.5 Å². The molecule has 0 spiro atoms. The van der Waals surface area contributed by atoms with Gasteiger partial charge in [0.15, 0.2) is 5.96 Å². The molecule has 0 amide bonds. The van der Waals surface area contributed by atoms with Crippen LogP contribution in [0.25, 0.3) is 0 Å². The molecule has 8 heteroatoms. The first-order valence-corrected chi connectivity index (χ1v) is 9.33. The highest BCUT2D eigenvalue weighted by Gasteiger charge is 2.26. The summed E-state index contributed by atoms with van der Waals surface area (Å²) >= 11 is 6.07. The third kappa shape index (κ3) is 7.27. The van der Waals surface area contributed by atoms with Crippen LogP contribution >= 0.6 is 35.6 Å². The fourth-order valence-corrected chi connectivity index (χ4v) is 2.81. The van der Waals surface area contributed by atoms with Crippen LogP contribution in [0, 0.1) is 6.92 Å². The average Bonchev–Trinajstić information content (AvgIpc) is 3.07. The summed E-state index contributed by atoms with van der Waals surface area (Å²) in [6.07, 6.45) is -0.180. The zero-order valence-corrected chi connectivity index (χ0v) is 19.7. The molecule has 156 valence electrons. The van der Waals surface area contributed by atoms with Gasteiger partial charge >= 0.3 is 0 Å². The molecule has 1 aromatic heterocycles. The SMILES string of the molecule is CCNC(=NCC(C)(O)c1ccc(C)o1)NCC(OC)c1cccc(Cl)c1.I. The maximum absolute atomic E-state index is 10.7. The molecule has 28 heavy (non-hydrogen) atoms. The van der Waals surface area contributed by atoms with Crippen LogP contribution in [0.4, 0.5) is 0 Å². The van der Waals surface area contributed by atoms with Crippen molar-refractivity contribution in [3.63, 3.8) is 0 Å². The van der Waals surface area contributed by atoms with E-state index in [0.717, 1.165) is 11.3 Å². The number of nitrogens with zero attached hydrogens (tertiary/aromatic N) is 1. The fraction of sp³-hybridized carbons (Fsp3) is 0.450. The Morgan fingerprint density at radius 2 is 2.07 bits per heavy atom. The summed E-state index contributed by atoms with van der Waals surface area (Å²) in [4.78, 5) is 4.49. The number of hydrogen-bond donors (Lipinski definition) is 3. The van der Waals surface area contributed by atoms with E-state index in [-0.39, 0.29) is 36.6 Å². The Balaban J connectivity index is 0.00000392. The van der Waals surface area contributed by atoms with Gasteiger partial charge in [-0.05, 0) is 50.6 Å². The molecule has 0 aliphatic heterocycles. The Morgan fingerprint density at radius 1 is 1.32 bits per heavy atom. The summed E-state index contributed by atoms with van der Waals surface area (Å²) < 4.78 is 11.1. The molecule has 0 aliphatic rings. The topological polar surface area (TPSA) is 79.0 Å². The molecule has 1 heterocycles. The number of furan rings is 1. The number of methoxy groups -OCH3 is 1. The lowest BCUT2D eigenvalue weighted by Gasteiger charge is -2.21. The number of aliphatic hydroxyl groups is 1. The van der Waals surface area contributed by atoms with Crippen molar-refractivity contribution in [3.05, 3.63) is 58.5 Å². The van der Waals surface area contributed by atoms with E-state index in [4.69, 9.17) is 20.8 Å². The number of aliphatic imine (C=N–C) groups is 1. The molecular weight excluding hydrogens is 493 g/mol.